The van der Waals surface area contributed by atoms with Gasteiger partial charge in [0.1, 0.15) is 6.04 Å². The molecule has 1 saturated heterocycles. The summed E-state index contributed by atoms with van der Waals surface area (Å²) in [7, 11) is 0. The minimum Gasteiger partial charge on any atom is -0.324 e. The Morgan fingerprint density at radius 1 is 1.17 bits per heavy atom. The van der Waals surface area contributed by atoms with Gasteiger partial charge in [0.15, 0.2) is 0 Å². The highest BCUT2D eigenvalue weighted by Gasteiger charge is 2.37. The van der Waals surface area contributed by atoms with Crippen LogP contribution in [0.15, 0.2) is 48.5 Å². The number of nitrogens with one attached hydrogen (secondary N) is 1. The monoisotopic (exact) mass is 322 g/mol. The molecule has 0 aliphatic carbocycles. The maximum absolute atomic E-state index is 12.9. The average Bonchev–Trinajstić information content (AvgIpc) is 2.99. The zero-order valence-electron chi connectivity index (χ0n) is 14.1. The molecule has 1 aliphatic rings. The summed E-state index contributed by atoms with van der Waals surface area (Å²) in [6.07, 6.45) is 1.80. The number of hydrogen-bond donors (Lipinski definition) is 1. The van der Waals surface area contributed by atoms with Crippen LogP contribution in [0.1, 0.15) is 30.9 Å². The van der Waals surface area contributed by atoms with Gasteiger partial charge in [-0.3, -0.25) is 14.5 Å². The first-order valence-corrected chi connectivity index (χ1v) is 8.38. The Hall–Kier alpha value is -2.62. The molecule has 1 heterocycles. The van der Waals surface area contributed by atoms with E-state index in [2.05, 4.69) is 12.2 Å². The molecule has 1 unspecified atom stereocenters. The average molecular weight is 322 g/mol. The van der Waals surface area contributed by atoms with Crippen molar-refractivity contribution in [2.45, 2.75) is 39.2 Å². The first-order chi connectivity index (χ1) is 11.6. The Kier molecular flexibility index (Phi) is 4.65. The number of aryl methyl sites for hydroxylation is 2. The Balaban J connectivity index is 1.86. The van der Waals surface area contributed by atoms with E-state index in [0.29, 0.717) is 12.8 Å². The van der Waals surface area contributed by atoms with Crippen molar-refractivity contribution in [3.63, 3.8) is 0 Å². The van der Waals surface area contributed by atoms with Gasteiger partial charge in [-0.15, -0.1) is 0 Å². The molecule has 1 aliphatic heterocycles. The second-order valence-electron chi connectivity index (χ2n) is 6.11. The van der Waals surface area contributed by atoms with E-state index in [1.54, 1.807) is 4.90 Å². The van der Waals surface area contributed by atoms with Gasteiger partial charge in [0.25, 0.3) is 0 Å². The van der Waals surface area contributed by atoms with E-state index in [0.717, 1.165) is 28.9 Å². The van der Waals surface area contributed by atoms with Crippen LogP contribution >= 0.6 is 0 Å². The Morgan fingerprint density at radius 3 is 2.62 bits per heavy atom. The number of para-hydroxylation sites is 2. The van der Waals surface area contributed by atoms with Crippen LogP contribution in [-0.4, -0.2) is 17.9 Å². The minimum atomic E-state index is -0.454. The Bertz CT molecular complexity index is 755. The van der Waals surface area contributed by atoms with Gasteiger partial charge in [-0.25, -0.2) is 0 Å². The number of carbonyl (C=O) groups excluding carboxylic acids is 2. The van der Waals surface area contributed by atoms with Crippen LogP contribution in [-0.2, 0) is 16.0 Å². The van der Waals surface area contributed by atoms with E-state index in [1.807, 2.05) is 55.5 Å². The summed E-state index contributed by atoms with van der Waals surface area (Å²) >= 11 is 0. The van der Waals surface area contributed by atoms with Crippen molar-refractivity contribution in [2.75, 3.05) is 10.2 Å². The lowest BCUT2D eigenvalue weighted by Crippen LogP contribution is -2.42. The zero-order valence-corrected chi connectivity index (χ0v) is 14.1. The first-order valence-electron chi connectivity index (χ1n) is 8.38. The predicted octanol–water partition coefficient (Wildman–Crippen LogP) is 3.69. The molecule has 0 radical (unpaired) electrons. The lowest BCUT2D eigenvalue weighted by atomic mass is 10.1. The number of anilines is 2. The molecule has 2 aromatic carbocycles. The summed E-state index contributed by atoms with van der Waals surface area (Å²) in [6, 6.07) is 15.0. The zero-order chi connectivity index (χ0) is 17.1. The SMILES string of the molecule is CCc1cccc(C)c1NC(=O)C1CCC(=O)N1c1ccccc1. The van der Waals surface area contributed by atoms with Crippen LogP contribution in [0, 0.1) is 6.92 Å². The van der Waals surface area contributed by atoms with E-state index in [-0.39, 0.29) is 11.8 Å². The highest BCUT2D eigenvalue weighted by Crippen LogP contribution is 2.28. The van der Waals surface area contributed by atoms with Crippen LogP contribution in [0.2, 0.25) is 0 Å². The number of nitrogens with zero attached hydrogens (tertiary/aromatic N) is 1. The fourth-order valence-corrected chi connectivity index (χ4v) is 3.25. The van der Waals surface area contributed by atoms with Crippen LogP contribution in [0.25, 0.3) is 0 Å². The van der Waals surface area contributed by atoms with Gasteiger partial charge in [-0.1, -0.05) is 43.3 Å². The van der Waals surface area contributed by atoms with E-state index in [4.69, 9.17) is 0 Å². The van der Waals surface area contributed by atoms with Crippen LogP contribution in [0.5, 0.6) is 0 Å². The van der Waals surface area contributed by atoms with Gasteiger partial charge in [-0.05, 0) is 43.0 Å². The summed E-state index contributed by atoms with van der Waals surface area (Å²) < 4.78 is 0. The van der Waals surface area contributed by atoms with Crippen molar-refractivity contribution in [1.82, 2.24) is 0 Å². The molecule has 0 spiro atoms. The molecular weight excluding hydrogens is 300 g/mol. The van der Waals surface area contributed by atoms with Crippen molar-refractivity contribution < 1.29 is 9.59 Å². The summed E-state index contributed by atoms with van der Waals surface area (Å²) in [5, 5.41) is 3.06. The molecule has 3 rings (SSSR count). The first kappa shape index (κ1) is 16.2. The molecule has 1 atom stereocenters. The topological polar surface area (TPSA) is 49.4 Å². The molecule has 4 heteroatoms. The Morgan fingerprint density at radius 2 is 1.92 bits per heavy atom. The highest BCUT2D eigenvalue weighted by molar-refractivity contribution is 6.07. The summed E-state index contributed by atoms with van der Waals surface area (Å²) in [5.74, 6) is -0.115. The normalized spacial score (nSPS) is 17.2. The second kappa shape index (κ2) is 6.87. The van der Waals surface area contributed by atoms with E-state index in [1.165, 1.54) is 0 Å². The van der Waals surface area contributed by atoms with Crippen LogP contribution < -0.4 is 10.2 Å². The quantitative estimate of drug-likeness (QED) is 0.933. The van der Waals surface area contributed by atoms with Crippen LogP contribution in [0.3, 0.4) is 0 Å². The third-order valence-corrected chi connectivity index (χ3v) is 4.54. The van der Waals surface area contributed by atoms with Crippen molar-refractivity contribution >= 4 is 23.2 Å². The molecule has 0 aromatic heterocycles. The van der Waals surface area contributed by atoms with Gasteiger partial charge in [0.2, 0.25) is 11.8 Å². The van der Waals surface area contributed by atoms with E-state index in [9.17, 15) is 9.59 Å². The molecule has 0 bridgehead atoms. The van der Waals surface area contributed by atoms with Gasteiger partial charge in [-0.2, -0.15) is 0 Å². The number of hydrogen-bond acceptors (Lipinski definition) is 2. The lowest BCUT2D eigenvalue weighted by molar-refractivity contribution is -0.120. The van der Waals surface area contributed by atoms with Crippen molar-refractivity contribution in [2.24, 2.45) is 0 Å². The summed E-state index contributed by atoms with van der Waals surface area (Å²) in [5.41, 5.74) is 3.80. The van der Waals surface area contributed by atoms with Crippen molar-refractivity contribution in [3.8, 4) is 0 Å². The Labute approximate surface area is 142 Å². The molecule has 4 nitrogen and oxygen atoms in total. The maximum atomic E-state index is 12.9. The molecule has 2 amide bonds. The molecular formula is C20H22N2O2. The third-order valence-electron chi connectivity index (χ3n) is 4.54. The van der Waals surface area contributed by atoms with Crippen LogP contribution in [0.4, 0.5) is 11.4 Å². The fourth-order valence-electron chi connectivity index (χ4n) is 3.25. The highest BCUT2D eigenvalue weighted by atomic mass is 16.2. The molecule has 2 aromatic rings. The molecule has 124 valence electrons. The number of amides is 2. The predicted molar refractivity (Wildman–Crippen MR) is 96.1 cm³/mol. The maximum Gasteiger partial charge on any atom is 0.247 e. The fraction of sp³-hybridized carbons (Fsp3) is 0.300. The second-order valence-corrected chi connectivity index (χ2v) is 6.11. The summed E-state index contributed by atoms with van der Waals surface area (Å²) in [4.78, 5) is 26.8. The smallest absolute Gasteiger partial charge is 0.247 e. The van der Waals surface area contributed by atoms with Gasteiger partial charge in [0, 0.05) is 17.8 Å². The van der Waals surface area contributed by atoms with Gasteiger partial charge in [0.05, 0.1) is 0 Å². The molecule has 1 fully saturated rings. The van der Waals surface area contributed by atoms with E-state index < -0.39 is 6.04 Å². The van der Waals surface area contributed by atoms with Crippen molar-refractivity contribution in [3.05, 3.63) is 59.7 Å². The number of benzene rings is 2. The molecule has 1 N–H and O–H groups in total. The number of rotatable bonds is 4. The largest absolute Gasteiger partial charge is 0.324 e. The van der Waals surface area contributed by atoms with Gasteiger partial charge < -0.3 is 5.32 Å². The van der Waals surface area contributed by atoms with Gasteiger partial charge >= 0.3 is 0 Å². The third kappa shape index (κ3) is 3.04. The molecule has 0 saturated carbocycles. The number of carbonyl (C=O) groups is 2. The van der Waals surface area contributed by atoms with E-state index >= 15 is 0 Å². The lowest BCUT2D eigenvalue weighted by Gasteiger charge is -2.25. The minimum absolute atomic E-state index is 0.00171. The summed E-state index contributed by atoms with van der Waals surface area (Å²) in [6.45, 7) is 4.06. The van der Waals surface area contributed by atoms with Crippen molar-refractivity contribution in [1.29, 1.82) is 0 Å². The molecule has 24 heavy (non-hydrogen) atoms. The standard InChI is InChI=1S/C20H22N2O2/c1-3-15-9-7-8-14(2)19(15)21-20(24)17-12-13-18(23)22(17)16-10-5-4-6-11-16/h4-11,17H,3,12-13H2,1-2H3,(H,21,24).